The van der Waals surface area contributed by atoms with Gasteiger partial charge in [0, 0.05) is 6.61 Å². The first-order valence-corrected chi connectivity index (χ1v) is 16.0. The number of rotatable bonds is 11. The van der Waals surface area contributed by atoms with Crippen molar-refractivity contribution >= 4 is 0 Å². The first kappa shape index (κ1) is 29.4. The van der Waals surface area contributed by atoms with Gasteiger partial charge in [0.25, 0.3) is 0 Å². The third-order valence-electron chi connectivity index (χ3n) is 9.86. The molecule has 2 aromatic carbocycles. The molecule has 40 heavy (non-hydrogen) atoms. The summed E-state index contributed by atoms with van der Waals surface area (Å²) in [5, 5.41) is 0. The molecule has 0 aliphatic heterocycles. The summed E-state index contributed by atoms with van der Waals surface area (Å²) in [5.41, 5.74) is 2.98. The van der Waals surface area contributed by atoms with Crippen LogP contribution in [0.1, 0.15) is 102 Å². The highest BCUT2D eigenvalue weighted by Crippen LogP contribution is 2.44. The van der Waals surface area contributed by atoms with Crippen molar-refractivity contribution in [1.82, 2.24) is 0 Å². The number of benzene rings is 2. The monoisotopic (exact) mass is 554 g/mol. The van der Waals surface area contributed by atoms with Crippen LogP contribution < -0.4 is 9.47 Å². The van der Waals surface area contributed by atoms with Crippen LogP contribution >= 0.6 is 0 Å². The molecule has 5 rings (SSSR count). The summed E-state index contributed by atoms with van der Waals surface area (Å²) < 4.78 is 46.0. The Hall–Kier alpha value is -2.14. The fourth-order valence-corrected chi connectivity index (χ4v) is 7.53. The Kier molecular flexibility index (Phi) is 10.4. The predicted octanol–water partition coefficient (Wildman–Crippen LogP) is 9.27. The molecule has 220 valence electrons. The minimum atomic E-state index is -0.966. The highest BCUT2D eigenvalue weighted by atomic mass is 19.2. The van der Waals surface area contributed by atoms with E-state index in [4.69, 9.17) is 14.2 Å². The van der Waals surface area contributed by atoms with Gasteiger partial charge in [-0.3, -0.25) is 0 Å². The lowest BCUT2D eigenvalue weighted by Crippen LogP contribution is -2.36. The van der Waals surface area contributed by atoms with Crippen LogP contribution in [0.4, 0.5) is 8.78 Å². The molecule has 0 heterocycles. The molecule has 0 bridgehead atoms. The number of fused-ring (bicyclic) bond motifs is 1. The van der Waals surface area contributed by atoms with Crippen LogP contribution in [0, 0.1) is 35.3 Å². The lowest BCUT2D eigenvalue weighted by atomic mass is 9.67. The number of halogens is 2. The normalized spacial score (nSPS) is 28.6. The average Bonchev–Trinajstić information content (AvgIpc) is 2.99. The molecule has 3 fully saturated rings. The Morgan fingerprint density at radius 1 is 0.675 bits per heavy atom. The maximum Gasteiger partial charge on any atom is 0.204 e. The molecular formula is C35H48F2O3. The highest BCUT2D eigenvalue weighted by Gasteiger charge is 2.36. The molecule has 3 saturated carbocycles. The van der Waals surface area contributed by atoms with Gasteiger partial charge in [-0.05, 0) is 130 Å². The van der Waals surface area contributed by atoms with E-state index in [1.54, 1.807) is 6.92 Å². The quantitative estimate of drug-likeness (QED) is 0.277. The first-order valence-electron chi connectivity index (χ1n) is 16.0. The van der Waals surface area contributed by atoms with E-state index in [2.05, 4.69) is 31.2 Å². The molecule has 0 amide bonds. The van der Waals surface area contributed by atoms with E-state index in [9.17, 15) is 8.78 Å². The molecule has 5 heteroatoms. The van der Waals surface area contributed by atoms with Crippen molar-refractivity contribution < 1.29 is 23.0 Å². The van der Waals surface area contributed by atoms with Crippen molar-refractivity contribution in [3.05, 3.63) is 59.2 Å². The van der Waals surface area contributed by atoms with Crippen LogP contribution in [0.25, 0.3) is 0 Å². The zero-order valence-corrected chi connectivity index (χ0v) is 24.5. The standard InChI is InChI=1S/C35H48F2O3/c1-3-5-24-6-11-27(12-7-24)28-13-8-25(9-14-28)22-39-31-17-16-29-20-26(10-15-30(29)21-31)23-40-33-19-18-32(38-4-2)34(36)35(33)37/h6-7,11-12,18-19,25-26,28-31H,3-5,8-10,13-17,20-23H2,1-2H3. The van der Waals surface area contributed by atoms with Crippen LogP contribution in [0.2, 0.25) is 0 Å². The van der Waals surface area contributed by atoms with Gasteiger partial charge in [0.05, 0.1) is 19.3 Å². The molecule has 3 aliphatic carbocycles. The van der Waals surface area contributed by atoms with Crippen molar-refractivity contribution in [3.8, 4) is 11.5 Å². The summed E-state index contributed by atoms with van der Waals surface area (Å²) in [5.74, 6) is 1.24. The molecule has 4 atom stereocenters. The summed E-state index contributed by atoms with van der Waals surface area (Å²) in [6, 6.07) is 12.3. The number of hydrogen-bond donors (Lipinski definition) is 0. The summed E-state index contributed by atoms with van der Waals surface area (Å²) in [6.45, 7) is 5.65. The SMILES string of the molecule is CCCc1ccc(C2CCC(COC3CCC4CC(COc5ccc(OCC)c(F)c5F)CCC4C3)CC2)cc1. The Balaban J connectivity index is 1.00. The largest absolute Gasteiger partial charge is 0.491 e. The molecular weight excluding hydrogens is 506 g/mol. The van der Waals surface area contributed by atoms with E-state index in [1.165, 1.54) is 81.0 Å². The minimum Gasteiger partial charge on any atom is -0.491 e. The zero-order chi connectivity index (χ0) is 27.9. The van der Waals surface area contributed by atoms with Gasteiger partial charge in [0.2, 0.25) is 11.6 Å². The fourth-order valence-electron chi connectivity index (χ4n) is 7.53. The van der Waals surface area contributed by atoms with Gasteiger partial charge >= 0.3 is 0 Å². The lowest BCUT2D eigenvalue weighted by Gasteiger charge is -2.42. The smallest absolute Gasteiger partial charge is 0.204 e. The van der Waals surface area contributed by atoms with E-state index in [0.717, 1.165) is 31.8 Å². The van der Waals surface area contributed by atoms with Crippen molar-refractivity contribution in [2.24, 2.45) is 23.7 Å². The number of aryl methyl sites for hydroxylation is 1. The van der Waals surface area contributed by atoms with Gasteiger partial charge in [-0.1, -0.05) is 37.6 Å². The van der Waals surface area contributed by atoms with E-state index < -0.39 is 11.6 Å². The van der Waals surface area contributed by atoms with Gasteiger partial charge in [0.15, 0.2) is 11.5 Å². The third-order valence-corrected chi connectivity index (χ3v) is 9.86. The van der Waals surface area contributed by atoms with Crippen LogP contribution in [0.5, 0.6) is 11.5 Å². The second-order valence-corrected chi connectivity index (χ2v) is 12.6. The Morgan fingerprint density at radius 2 is 1.32 bits per heavy atom. The van der Waals surface area contributed by atoms with Gasteiger partial charge in [-0.25, -0.2) is 0 Å². The first-order chi connectivity index (χ1) is 19.5. The van der Waals surface area contributed by atoms with E-state index in [-0.39, 0.29) is 11.5 Å². The molecule has 0 aromatic heterocycles. The Morgan fingerprint density at radius 3 is 2.02 bits per heavy atom. The lowest BCUT2D eigenvalue weighted by molar-refractivity contribution is -0.0385. The van der Waals surface area contributed by atoms with Crippen LogP contribution in [0.3, 0.4) is 0 Å². The number of hydrogen-bond acceptors (Lipinski definition) is 3. The van der Waals surface area contributed by atoms with Gasteiger partial charge in [-0.2, -0.15) is 8.78 Å². The van der Waals surface area contributed by atoms with E-state index in [0.29, 0.717) is 43.0 Å². The maximum atomic E-state index is 14.4. The molecule has 4 unspecified atom stereocenters. The van der Waals surface area contributed by atoms with Crippen LogP contribution in [-0.2, 0) is 11.2 Å². The zero-order valence-electron chi connectivity index (χ0n) is 24.5. The van der Waals surface area contributed by atoms with Gasteiger partial charge < -0.3 is 14.2 Å². The molecule has 0 radical (unpaired) electrons. The van der Waals surface area contributed by atoms with Crippen molar-refractivity contribution in [2.75, 3.05) is 19.8 Å². The van der Waals surface area contributed by atoms with Gasteiger partial charge in [-0.15, -0.1) is 0 Å². The summed E-state index contributed by atoms with van der Waals surface area (Å²) in [4.78, 5) is 0. The van der Waals surface area contributed by atoms with E-state index in [1.807, 2.05) is 0 Å². The molecule has 2 aromatic rings. The minimum absolute atomic E-state index is 0.0147. The van der Waals surface area contributed by atoms with Crippen LogP contribution in [-0.4, -0.2) is 25.9 Å². The highest BCUT2D eigenvalue weighted by molar-refractivity contribution is 5.35. The van der Waals surface area contributed by atoms with Crippen molar-refractivity contribution in [1.29, 1.82) is 0 Å². The molecule has 3 nitrogen and oxygen atoms in total. The van der Waals surface area contributed by atoms with Gasteiger partial charge in [0.1, 0.15) is 0 Å². The molecule has 3 aliphatic rings. The summed E-state index contributed by atoms with van der Waals surface area (Å²) >= 11 is 0. The predicted molar refractivity (Wildman–Crippen MR) is 156 cm³/mol. The average molecular weight is 555 g/mol. The second kappa shape index (κ2) is 14.2. The molecule has 0 spiro atoms. The fraction of sp³-hybridized carbons (Fsp3) is 0.657. The second-order valence-electron chi connectivity index (χ2n) is 12.6. The van der Waals surface area contributed by atoms with Crippen molar-refractivity contribution in [2.45, 2.75) is 103 Å². The summed E-state index contributed by atoms with van der Waals surface area (Å²) in [7, 11) is 0. The summed E-state index contributed by atoms with van der Waals surface area (Å²) in [6.07, 6.45) is 14.8. The molecule has 0 saturated heterocycles. The topological polar surface area (TPSA) is 27.7 Å². The van der Waals surface area contributed by atoms with E-state index >= 15 is 0 Å². The Labute approximate surface area is 240 Å². The van der Waals surface area contributed by atoms with Crippen molar-refractivity contribution in [3.63, 3.8) is 0 Å². The molecule has 0 N–H and O–H groups in total. The maximum absolute atomic E-state index is 14.4. The Bertz CT molecular complexity index is 1060. The third kappa shape index (κ3) is 7.38. The number of ether oxygens (including phenoxy) is 3. The van der Waals surface area contributed by atoms with Crippen LogP contribution in [0.15, 0.2) is 36.4 Å².